The molecule has 0 atom stereocenters. The van der Waals surface area contributed by atoms with Crippen LogP contribution in [0.4, 0.5) is 5.69 Å². The summed E-state index contributed by atoms with van der Waals surface area (Å²) in [6, 6.07) is 1.68. The Morgan fingerprint density at radius 3 is 2.79 bits per heavy atom. The summed E-state index contributed by atoms with van der Waals surface area (Å²) in [6.07, 6.45) is 1.34. The number of carbonyl (C=O) groups is 1. The highest BCUT2D eigenvalue weighted by Gasteiger charge is 2.18. The molecule has 2 aromatic rings. The number of halogens is 3. The van der Waals surface area contributed by atoms with Crippen molar-refractivity contribution in [2.24, 2.45) is 0 Å². The summed E-state index contributed by atoms with van der Waals surface area (Å²) in [6.45, 7) is 1.98. The van der Waals surface area contributed by atoms with Crippen LogP contribution in [0.3, 0.4) is 0 Å². The molecule has 0 fully saturated rings. The molecular weight excluding hydrogens is 355 g/mol. The van der Waals surface area contributed by atoms with E-state index in [2.05, 4.69) is 20.9 Å². The van der Waals surface area contributed by atoms with E-state index in [1.54, 1.807) is 13.0 Å². The molecule has 19 heavy (non-hydrogen) atoms. The van der Waals surface area contributed by atoms with Crippen molar-refractivity contribution in [1.82, 2.24) is 4.98 Å². The number of nitrogens with zero attached hydrogens (tertiary/aromatic N) is 1. The summed E-state index contributed by atoms with van der Waals surface area (Å²) >= 11 is 15.4. The van der Waals surface area contributed by atoms with E-state index in [-0.39, 0.29) is 22.9 Å². The number of pyridine rings is 1. The van der Waals surface area contributed by atoms with Crippen LogP contribution in [0.1, 0.15) is 17.3 Å². The van der Waals surface area contributed by atoms with Gasteiger partial charge in [-0.3, -0.25) is 4.98 Å². The van der Waals surface area contributed by atoms with Crippen molar-refractivity contribution >= 4 is 61.7 Å². The minimum Gasteiger partial charge on any atom is -0.462 e. The third kappa shape index (κ3) is 2.50. The summed E-state index contributed by atoms with van der Waals surface area (Å²) < 4.78 is 5.50. The fourth-order valence-corrected chi connectivity index (χ4v) is 2.57. The molecule has 1 aromatic carbocycles. The van der Waals surface area contributed by atoms with Crippen LogP contribution in [0.15, 0.2) is 16.7 Å². The number of aromatic nitrogens is 1. The number of anilines is 1. The lowest BCUT2D eigenvalue weighted by Crippen LogP contribution is -2.09. The molecule has 0 saturated carbocycles. The number of benzene rings is 1. The number of hydrogen-bond donors (Lipinski definition) is 1. The predicted molar refractivity (Wildman–Crippen MR) is 79.8 cm³/mol. The van der Waals surface area contributed by atoms with Gasteiger partial charge in [0, 0.05) is 16.1 Å². The van der Waals surface area contributed by atoms with Crippen molar-refractivity contribution in [3.63, 3.8) is 0 Å². The van der Waals surface area contributed by atoms with Gasteiger partial charge < -0.3 is 10.5 Å². The smallest absolute Gasteiger partial charge is 0.341 e. The SMILES string of the molecule is CCOC(=O)c1cnc2c(Cl)c(Cl)c(Br)cc2c1N. The van der Waals surface area contributed by atoms with E-state index >= 15 is 0 Å². The normalized spacial score (nSPS) is 10.7. The second-order valence-corrected chi connectivity index (χ2v) is 5.30. The zero-order chi connectivity index (χ0) is 14.2. The van der Waals surface area contributed by atoms with Gasteiger partial charge in [-0.25, -0.2) is 4.79 Å². The quantitative estimate of drug-likeness (QED) is 0.645. The number of nitrogen functional groups attached to an aromatic ring is 1. The summed E-state index contributed by atoms with van der Waals surface area (Å²) in [5, 5.41) is 1.19. The Hall–Kier alpha value is -1.04. The minimum atomic E-state index is -0.517. The zero-order valence-electron chi connectivity index (χ0n) is 9.84. The summed E-state index contributed by atoms with van der Waals surface area (Å²) in [5.41, 5.74) is 6.89. The molecule has 0 saturated heterocycles. The van der Waals surface area contributed by atoms with Gasteiger partial charge in [0.25, 0.3) is 0 Å². The van der Waals surface area contributed by atoms with Crippen LogP contribution in [-0.4, -0.2) is 17.6 Å². The van der Waals surface area contributed by atoms with Crippen molar-refractivity contribution < 1.29 is 9.53 Å². The van der Waals surface area contributed by atoms with Crippen molar-refractivity contribution in [3.05, 3.63) is 32.3 Å². The van der Waals surface area contributed by atoms with Crippen molar-refractivity contribution in [2.75, 3.05) is 12.3 Å². The molecular formula is C12H9BrCl2N2O2. The third-order valence-corrected chi connectivity index (χ3v) is 4.25. The Labute approximate surface area is 128 Å². The second-order valence-electron chi connectivity index (χ2n) is 3.69. The van der Waals surface area contributed by atoms with Crippen LogP contribution >= 0.6 is 39.1 Å². The molecule has 0 radical (unpaired) electrons. The largest absolute Gasteiger partial charge is 0.462 e. The Balaban J connectivity index is 2.72. The van der Waals surface area contributed by atoms with Gasteiger partial charge in [0.1, 0.15) is 5.56 Å². The second kappa shape index (κ2) is 5.53. The minimum absolute atomic E-state index is 0.208. The van der Waals surface area contributed by atoms with Gasteiger partial charge in [0.2, 0.25) is 0 Å². The molecule has 100 valence electrons. The van der Waals surface area contributed by atoms with Crippen molar-refractivity contribution in [1.29, 1.82) is 0 Å². The first-order chi connectivity index (χ1) is 8.97. The first kappa shape index (κ1) is 14.4. The Morgan fingerprint density at radius 1 is 1.47 bits per heavy atom. The van der Waals surface area contributed by atoms with E-state index in [0.717, 1.165) is 0 Å². The van der Waals surface area contributed by atoms with E-state index in [9.17, 15) is 4.79 Å². The fraction of sp³-hybridized carbons (Fsp3) is 0.167. The molecule has 1 aromatic heterocycles. The van der Waals surface area contributed by atoms with Gasteiger partial charge >= 0.3 is 5.97 Å². The predicted octanol–water partition coefficient (Wildman–Crippen LogP) is 4.06. The van der Waals surface area contributed by atoms with Crippen LogP contribution in [0.2, 0.25) is 10.0 Å². The van der Waals surface area contributed by atoms with E-state index in [1.807, 2.05) is 0 Å². The Morgan fingerprint density at radius 2 is 2.16 bits per heavy atom. The molecule has 0 spiro atoms. The van der Waals surface area contributed by atoms with Gasteiger partial charge in [0.15, 0.2) is 0 Å². The zero-order valence-corrected chi connectivity index (χ0v) is 12.9. The number of nitrogens with two attached hydrogens (primary N) is 1. The maximum absolute atomic E-state index is 11.7. The maximum atomic E-state index is 11.7. The first-order valence-corrected chi connectivity index (χ1v) is 6.91. The van der Waals surface area contributed by atoms with Gasteiger partial charge in [-0.05, 0) is 28.9 Å². The summed E-state index contributed by atoms with van der Waals surface area (Å²) in [7, 11) is 0. The van der Waals surface area contributed by atoms with Gasteiger partial charge in [-0.2, -0.15) is 0 Å². The third-order valence-electron chi connectivity index (χ3n) is 2.53. The Kier molecular flexibility index (Phi) is 4.18. The molecule has 0 bridgehead atoms. The number of rotatable bonds is 2. The molecule has 7 heteroatoms. The van der Waals surface area contributed by atoms with Crippen LogP contribution < -0.4 is 5.73 Å². The standard InChI is InChI=1S/C12H9BrCl2N2O2/c1-2-19-12(18)6-4-17-11-5(10(6)16)3-7(13)8(14)9(11)15/h3-4H,2H2,1H3,(H2,16,17). The lowest BCUT2D eigenvalue weighted by atomic mass is 10.1. The molecule has 0 aliphatic carbocycles. The van der Waals surface area contributed by atoms with Gasteiger partial charge in [-0.1, -0.05) is 23.2 Å². The van der Waals surface area contributed by atoms with Crippen molar-refractivity contribution in [3.8, 4) is 0 Å². The van der Waals surface area contributed by atoms with Gasteiger partial charge in [-0.15, -0.1) is 0 Å². The molecule has 2 N–H and O–H groups in total. The molecule has 0 unspecified atom stereocenters. The van der Waals surface area contributed by atoms with Crippen LogP contribution in [0.25, 0.3) is 10.9 Å². The van der Waals surface area contributed by atoms with E-state index in [4.69, 9.17) is 33.7 Å². The number of esters is 1. The lowest BCUT2D eigenvalue weighted by Gasteiger charge is -2.10. The van der Waals surface area contributed by atoms with Crippen molar-refractivity contribution in [2.45, 2.75) is 6.92 Å². The van der Waals surface area contributed by atoms with E-state index in [1.165, 1.54) is 6.20 Å². The lowest BCUT2D eigenvalue weighted by molar-refractivity contribution is 0.0527. The Bertz CT molecular complexity index is 677. The molecule has 0 amide bonds. The summed E-state index contributed by atoms with van der Waals surface area (Å²) in [5.74, 6) is -0.517. The highest BCUT2D eigenvalue weighted by atomic mass is 79.9. The van der Waals surface area contributed by atoms with E-state index < -0.39 is 5.97 Å². The highest BCUT2D eigenvalue weighted by Crippen LogP contribution is 2.38. The van der Waals surface area contributed by atoms with Crippen LogP contribution in [-0.2, 0) is 4.74 Å². The average Bonchev–Trinajstić information content (AvgIpc) is 2.38. The monoisotopic (exact) mass is 362 g/mol. The van der Waals surface area contributed by atoms with Gasteiger partial charge in [0.05, 0.1) is 27.9 Å². The summed E-state index contributed by atoms with van der Waals surface area (Å²) in [4.78, 5) is 15.9. The van der Waals surface area contributed by atoms with E-state index in [0.29, 0.717) is 20.4 Å². The number of carbonyl (C=O) groups excluding carboxylic acids is 1. The first-order valence-electron chi connectivity index (χ1n) is 5.36. The number of fused-ring (bicyclic) bond motifs is 1. The topological polar surface area (TPSA) is 65.2 Å². The molecule has 4 nitrogen and oxygen atoms in total. The number of ether oxygens (including phenoxy) is 1. The molecule has 0 aliphatic rings. The fourth-order valence-electron chi connectivity index (χ4n) is 1.63. The van der Waals surface area contributed by atoms with Crippen LogP contribution in [0.5, 0.6) is 0 Å². The maximum Gasteiger partial charge on any atom is 0.341 e. The molecule has 0 aliphatic heterocycles. The molecule has 1 heterocycles. The van der Waals surface area contributed by atoms with Crippen LogP contribution in [0, 0.1) is 0 Å². The molecule has 2 rings (SSSR count). The highest BCUT2D eigenvalue weighted by molar-refractivity contribution is 9.10. The average molecular weight is 364 g/mol. The number of hydrogen-bond acceptors (Lipinski definition) is 4.